The topological polar surface area (TPSA) is 39.2 Å². The fourth-order valence-electron chi connectivity index (χ4n) is 2.28. The summed E-state index contributed by atoms with van der Waals surface area (Å²) in [6, 6.07) is 7.95. The molecule has 1 aromatic heterocycles. The fraction of sp³-hybridized carbons (Fsp3) is 0.294. The summed E-state index contributed by atoms with van der Waals surface area (Å²) in [5.41, 5.74) is 3.98. The van der Waals surface area contributed by atoms with Crippen molar-refractivity contribution in [3.8, 4) is 5.75 Å². The first-order valence-electron chi connectivity index (χ1n) is 6.76. The Balaban J connectivity index is 2.17. The molecule has 0 atom stereocenters. The standard InChI is InChI=1S/C17H19NO2/c1-4-20-16-9-15(10-18-11-16)17(19)8-14-6-12(2)5-13(3)7-14/h5-7,9-11H,4,8H2,1-3H3. The SMILES string of the molecule is CCOc1cncc(C(=O)Cc2cc(C)cc(C)c2)c1. The first kappa shape index (κ1) is 14.3. The molecule has 3 nitrogen and oxygen atoms in total. The molecule has 2 rings (SSSR count). The maximum Gasteiger partial charge on any atom is 0.168 e. The number of hydrogen-bond donors (Lipinski definition) is 0. The average Bonchev–Trinajstić information content (AvgIpc) is 2.38. The molecule has 104 valence electrons. The number of ether oxygens (including phenoxy) is 1. The Kier molecular flexibility index (Phi) is 4.51. The van der Waals surface area contributed by atoms with Gasteiger partial charge in [0, 0.05) is 18.2 Å². The number of aromatic nitrogens is 1. The van der Waals surface area contributed by atoms with Gasteiger partial charge in [-0.3, -0.25) is 9.78 Å². The van der Waals surface area contributed by atoms with E-state index >= 15 is 0 Å². The van der Waals surface area contributed by atoms with Crippen molar-refractivity contribution < 1.29 is 9.53 Å². The summed E-state index contributed by atoms with van der Waals surface area (Å²) < 4.78 is 5.37. The summed E-state index contributed by atoms with van der Waals surface area (Å²) in [5.74, 6) is 0.697. The molecule has 0 aliphatic rings. The molecule has 0 bridgehead atoms. The van der Waals surface area contributed by atoms with E-state index in [0.717, 1.165) is 5.56 Å². The van der Waals surface area contributed by atoms with Crippen LogP contribution in [0.1, 0.15) is 34.0 Å². The number of benzene rings is 1. The summed E-state index contributed by atoms with van der Waals surface area (Å²) in [4.78, 5) is 16.4. The number of aryl methyl sites for hydroxylation is 2. The van der Waals surface area contributed by atoms with Gasteiger partial charge in [-0.05, 0) is 32.4 Å². The van der Waals surface area contributed by atoms with Gasteiger partial charge >= 0.3 is 0 Å². The number of pyridine rings is 1. The molecule has 20 heavy (non-hydrogen) atoms. The molecule has 0 unspecified atom stereocenters. The highest BCUT2D eigenvalue weighted by Crippen LogP contribution is 2.15. The van der Waals surface area contributed by atoms with E-state index < -0.39 is 0 Å². The molecular weight excluding hydrogens is 250 g/mol. The van der Waals surface area contributed by atoms with Crippen LogP contribution in [0.15, 0.2) is 36.7 Å². The van der Waals surface area contributed by atoms with Crippen LogP contribution in [0.3, 0.4) is 0 Å². The number of carbonyl (C=O) groups excluding carboxylic acids is 1. The molecule has 0 N–H and O–H groups in total. The highest BCUT2D eigenvalue weighted by Gasteiger charge is 2.09. The molecule has 0 saturated carbocycles. The van der Waals surface area contributed by atoms with Gasteiger partial charge in [-0.1, -0.05) is 29.3 Å². The van der Waals surface area contributed by atoms with E-state index in [0.29, 0.717) is 24.3 Å². The maximum absolute atomic E-state index is 12.3. The smallest absolute Gasteiger partial charge is 0.168 e. The zero-order valence-electron chi connectivity index (χ0n) is 12.1. The Morgan fingerprint density at radius 3 is 2.45 bits per heavy atom. The molecule has 2 aromatic rings. The van der Waals surface area contributed by atoms with Gasteiger partial charge in [0.1, 0.15) is 5.75 Å². The molecule has 1 heterocycles. The van der Waals surface area contributed by atoms with Crippen LogP contribution in [0, 0.1) is 13.8 Å². The molecule has 3 heteroatoms. The number of ketones is 1. The highest BCUT2D eigenvalue weighted by molar-refractivity contribution is 5.97. The van der Waals surface area contributed by atoms with Crippen molar-refractivity contribution in [3.63, 3.8) is 0 Å². The van der Waals surface area contributed by atoms with E-state index in [1.165, 1.54) is 11.1 Å². The van der Waals surface area contributed by atoms with Gasteiger partial charge in [0.25, 0.3) is 0 Å². The predicted molar refractivity (Wildman–Crippen MR) is 79.4 cm³/mol. The Bertz CT molecular complexity index is 600. The van der Waals surface area contributed by atoms with Crippen LogP contribution >= 0.6 is 0 Å². The molecule has 0 amide bonds. The van der Waals surface area contributed by atoms with E-state index in [4.69, 9.17) is 4.74 Å². The molecular formula is C17H19NO2. The number of rotatable bonds is 5. The number of nitrogens with zero attached hydrogens (tertiary/aromatic N) is 1. The number of hydrogen-bond acceptors (Lipinski definition) is 3. The van der Waals surface area contributed by atoms with Gasteiger partial charge in [-0.2, -0.15) is 0 Å². The Hall–Kier alpha value is -2.16. The van der Waals surface area contributed by atoms with Crippen molar-refractivity contribution in [2.45, 2.75) is 27.2 Å². The molecule has 0 fully saturated rings. The van der Waals surface area contributed by atoms with Gasteiger partial charge in [0.15, 0.2) is 5.78 Å². The molecule has 0 aliphatic heterocycles. The summed E-state index contributed by atoms with van der Waals surface area (Å²) in [6.45, 7) is 6.55. The fourth-order valence-corrected chi connectivity index (χ4v) is 2.28. The second kappa shape index (κ2) is 6.33. The molecule has 1 aromatic carbocycles. The van der Waals surface area contributed by atoms with Crippen LogP contribution in [0.25, 0.3) is 0 Å². The van der Waals surface area contributed by atoms with Crippen LogP contribution in [-0.4, -0.2) is 17.4 Å². The Labute approximate surface area is 119 Å². The zero-order chi connectivity index (χ0) is 14.5. The van der Waals surface area contributed by atoms with Crippen LogP contribution < -0.4 is 4.74 Å². The van der Waals surface area contributed by atoms with Crippen molar-refractivity contribution >= 4 is 5.78 Å². The summed E-state index contributed by atoms with van der Waals surface area (Å²) in [7, 11) is 0. The predicted octanol–water partition coefficient (Wildman–Crippen LogP) is 3.52. The monoisotopic (exact) mass is 269 g/mol. The quantitative estimate of drug-likeness (QED) is 0.780. The third-order valence-electron chi connectivity index (χ3n) is 2.99. The third-order valence-corrected chi connectivity index (χ3v) is 2.99. The first-order chi connectivity index (χ1) is 9.58. The minimum absolute atomic E-state index is 0.0593. The normalized spacial score (nSPS) is 10.3. The van der Waals surface area contributed by atoms with Crippen LogP contribution in [0.2, 0.25) is 0 Å². The first-order valence-corrected chi connectivity index (χ1v) is 6.76. The van der Waals surface area contributed by atoms with Crippen LogP contribution in [0.5, 0.6) is 5.75 Å². The lowest BCUT2D eigenvalue weighted by atomic mass is 10.0. The van der Waals surface area contributed by atoms with E-state index in [1.807, 2.05) is 32.9 Å². The van der Waals surface area contributed by atoms with Crippen molar-refractivity contribution in [3.05, 3.63) is 58.9 Å². The van der Waals surface area contributed by atoms with Crippen molar-refractivity contribution in [2.24, 2.45) is 0 Å². The third kappa shape index (κ3) is 3.67. The van der Waals surface area contributed by atoms with Crippen molar-refractivity contribution in [1.29, 1.82) is 0 Å². The minimum Gasteiger partial charge on any atom is -0.492 e. The molecule has 0 radical (unpaired) electrons. The number of carbonyl (C=O) groups is 1. The maximum atomic E-state index is 12.3. The molecule has 0 spiro atoms. The second-order valence-corrected chi connectivity index (χ2v) is 4.94. The van der Waals surface area contributed by atoms with E-state index in [2.05, 4.69) is 11.1 Å². The summed E-state index contributed by atoms with van der Waals surface area (Å²) >= 11 is 0. The van der Waals surface area contributed by atoms with Gasteiger partial charge in [-0.25, -0.2) is 0 Å². The second-order valence-electron chi connectivity index (χ2n) is 4.94. The van der Waals surface area contributed by atoms with Crippen molar-refractivity contribution in [2.75, 3.05) is 6.61 Å². The molecule has 0 saturated heterocycles. The van der Waals surface area contributed by atoms with E-state index in [-0.39, 0.29) is 5.78 Å². The lowest BCUT2D eigenvalue weighted by Crippen LogP contribution is -2.05. The summed E-state index contributed by atoms with van der Waals surface area (Å²) in [5, 5.41) is 0. The molecule has 0 aliphatic carbocycles. The Morgan fingerprint density at radius 1 is 1.10 bits per heavy atom. The highest BCUT2D eigenvalue weighted by atomic mass is 16.5. The number of Topliss-reactive ketones (excluding diaryl/α,β-unsaturated/α-hetero) is 1. The van der Waals surface area contributed by atoms with E-state index in [9.17, 15) is 4.79 Å². The largest absolute Gasteiger partial charge is 0.492 e. The van der Waals surface area contributed by atoms with Crippen LogP contribution in [-0.2, 0) is 6.42 Å². The van der Waals surface area contributed by atoms with E-state index in [1.54, 1.807) is 18.5 Å². The van der Waals surface area contributed by atoms with Crippen LogP contribution in [0.4, 0.5) is 0 Å². The van der Waals surface area contributed by atoms with Gasteiger partial charge in [0.05, 0.1) is 12.8 Å². The Morgan fingerprint density at radius 2 is 1.80 bits per heavy atom. The average molecular weight is 269 g/mol. The lowest BCUT2D eigenvalue weighted by molar-refractivity contribution is 0.0992. The zero-order valence-corrected chi connectivity index (χ0v) is 12.1. The van der Waals surface area contributed by atoms with Gasteiger partial charge < -0.3 is 4.74 Å². The minimum atomic E-state index is 0.0593. The summed E-state index contributed by atoms with van der Waals surface area (Å²) in [6.07, 6.45) is 3.60. The van der Waals surface area contributed by atoms with Crippen molar-refractivity contribution in [1.82, 2.24) is 4.98 Å². The van der Waals surface area contributed by atoms with Gasteiger partial charge in [-0.15, -0.1) is 0 Å². The van der Waals surface area contributed by atoms with Gasteiger partial charge in [0.2, 0.25) is 0 Å². The lowest BCUT2D eigenvalue weighted by Gasteiger charge is -2.06.